The maximum absolute atomic E-state index is 7.44. The molecule has 0 amide bonds. The fourth-order valence-corrected chi connectivity index (χ4v) is 3.34. The molecule has 1 unspecified atom stereocenters. The van der Waals surface area contributed by atoms with E-state index < -0.39 is 0 Å². The summed E-state index contributed by atoms with van der Waals surface area (Å²) in [4.78, 5) is 0. The van der Waals surface area contributed by atoms with Crippen LogP contribution in [-0.4, -0.2) is 24.1 Å². The Kier molecular flexibility index (Phi) is 3.66. The molecule has 1 saturated heterocycles. The summed E-state index contributed by atoms with van der Waals surface area (Å²) >= 11 is 0. The maximum Gasteiger partial charge on any atom is 0.122 e. The first-order valence-corrected chi connectivity index (χ1v) is 7.42. The minimum atomic E-state index is 0.0671. The van der Waals surface area contributed by atoms with Gasteiger partial charge in [-0.05, 0) is 37.8 Å². The van der Waals surface area contributed by atoms with Crippen molar-refractivity contribution in [2.75, 3.05) is 6.61 Å². The van der Waals surface area contributed by atoms with Crippen LogP contribution in [0, 0.1) is 5.41 Å². The van der Waals surface area contributed by atoms with Gasteiger partial charge >= 0.3 is 0 Å². The lowest BCUT2D eigenvalue weighted by Crippen LogP contribution is -2.27. The second kappa shape index (κ2) is 5.44. The summed E-state index contributed by atoms with van der Waals surface area (Å²) in [7, 11) is 0. The van der Waals surface area contributed by atoms with Crippen molar-refractivity contribution in [3.05, 3.63) is 29.8 Å². The van der Waals surface area contributed by atoms with Gasteiger partial charge in [-0.2, -0.15) is 0 Å². The molecule has 2 aliphatic rings. The van der Waals surface area contributed by atoms with Gasteiger partial charge < -0.3 is 15.2 Å². The van der Waals surface area contributed by atoms with Gasteiger partial charge in [0.15, 0.2) is 0 Å². The molecule has 1 aromatic rings. The van der Waals surface area contributed by atoms with Crippen molar-refractivity contribution in [1.82, 2.24) is 0 Å². The van der Waals surface area contributed by atoms with Gasteiger partial charge in [-0.1, -0.05) is 25.0 Å². The predicted molar refractivity (Wildman–Crippen MR) is 78.3 cm³/mol. The van der Waals surface area contributed by atoms with Crippen LogP contribution in [0.15, 0.2) is 24.3 Å². The standard InChI is InChI=1S/C16H22N2O2/c17-15(18)12-4-3-5-13(10-12)19-11-14-6-9-16(20-14)7-1-2-8-16/h3-5,10,14H,1-2,6-9,11H2,(H3,17,18). The Morgan fingerprint density at radius 1 is 1.35 bits per heavy atom. The molecule has 108 valence electrons. The van der Waals surface area contributed by atoms with Crippen molar-refractivity contribution in [1.29, 1.82) is 5.41 Å². The number of benzene rings is 1. The topological polar surface area (TPSA) is 68.3 Å². The quantitative estimate of drug-likeness (QED) is 0.655. The normalized spacial score (nSPS) is 24.1. The van der Waals surface area contributed by atoms with Gasteiger partial charge in [-0.3, -0.25) is 5.41 Å². The van der Waals surface area contributed by atoms with E-state index in [1.165, 1.54) is 32.1 Å². The van der Waals surface area contributed by atoms with E-state index in [4.69, 9.17) is 20.6 Å². The lowest BCUT2D eigenvalue weighted by molar-refractivity contribution is -0.0508. The summed E-state index contributed by atoms with van der Waals surface area (Å²) in [6.45, 7) is 0.586. The van der Waals surface area contributed by atoms with E-state index in [1.807, 2.05) is 24.3 Å². The molecule has 3 N–H and O–H groups in total. The van der Waals surface area contributed by atoms with Crippen molar-refractivity contribution in [3.63, 3.8) is 0 Å². The number of rotatable bonds is 4. The molecule has 1 heterocycles. The molecule has 0 radical (unpaired) electrons. The summed E-state index contributed by atoms with van der Waals surface area (Å²) in [5.41, 5.74) is 6.34. The Morgan fingerprint density at radius 3 is 2.90 bits per heavy atom. The molecule has 1 aliphatic carbocycles. The predicted octanol–water partition coefficient (Wildman–Crippen LogP) is 2.84. The molecular formula is C16H22N2O2. The molecule has 1 aliphatic heterocycles. The number of nitrogen functional groups attached to an aromatic ring is 1. The molecule has 20 heavy (non-hydrogen) atoms. The van der Waals surface area contributed by atoms with Crippen LogP contribution in [0.2, 0.25) is 0 Å². The highest BCUT2D eigenvalue weighted by Crippen LogP contribution is 2.43. The highest BCUT2D eigenvalue weighted by molar-refractivity contribution is 5.95. The van der Waals surface area contributed by atoms with Crippen LogP contribution in [-0.2, 0) is 4.74 Å². The lowest BCUT2D eigenvalue weighted by atomic mass is 9.98. The molecule has 4 heteroatoms. The number of ether oxygens (including phenoxy) is 2. The van der Waals surface area contributed by atoms with Crippen molar-refractivity contribution < 1.29 is 9.47 Å². The van der Waals surface area contributed by atoms with Gasteiger partial charge in [0.25, 0.3) is 0 Å². The van der Waals surface area contributed by atoms with E-state index in [2.05, 4.69) is 0 Å². The van der Waals surface area contributed by atoms with Gasteiger partial charge in [0.1, 0.15) is 18.2 Å². The van der Waals surface area contributed by atoms with E-state index in [0.29, 0.717) is 12.2 Å². The zero-order valence-electron chi connectivity index (χ0n) is 11.7. The fourth-order valence-electron chi connectivity index (χ4n) is 3.34. The molecular weight excluding hydrogens is 252 g/mol. The molecule has 1 atom stereocenters. The summed E-state index contributed by atoms with van der Waals surface area (Å²) < 4.78 is 12.0. The van der Waals surface area contributed by atoms with Crippen molar-refractivity contribution in [2.45, 2.75) is 50.2 Å². The monoisotopic (exact) mass is 274 g/mol. The first-order valence-electron chi connectivity index (χ1n) is 7.42. The van der Waals surface area contributed by atoms with E-state index in [-0.39, 0.29) is 17.5 Å². The first kappa shape index (κ1) is 13.4. The summed E-state index contributed by atoms with van der Waals surface area (Å²) in [6, 6.07) is 7.38. The Hall–Kier alpha value is -1.55. The van der Waals surface area contributed by atoms with E-state index in [1.54, 1.807) is 0 Å². The van der Waals surface area contributed by atoms with Crippen LogP contribution in [0.25, 0.3) is 0 Å². The van der Waals surface area contributed by atoms with Crippen LogP contribution < -0.4 is 10.5 Å². The summed E-state index contributed by atoms with van der Waals surface area (Å²) in [6.07, 6.45) is 7.49. The molecule has 3 rings (SSSR count). The molecule has 1 saturated carbocycles. The third-order valence-corrected chi connectivity index (χ3v) is 4.43. The van der Waals surface area contributed by atoms with Gasteiger partial charge in [0.2, 0.25) is 0 Å². The lowest BCUT2D eigenvalue weighted by Gasteiger charge is -2.23. The molecule has 2 fully saturated rings. The van der Waals surface area contributed by atoms with Gasteiger partial charge in [0.05, 0.1) is 11.7 Å². The average molecular weight is 274 g/mol. The highest BCUT2D eigenvalue weighted by atomic mass is 16.6. The second-order valence-electron chi connectivity index (χ2n) is 5.92. The molecule has 4 nitrogen and oxygen atoms in total. The number of hydrogen-bond acceptors (Lipinski definition) is 3. The van der Waals surface area contributed by atoms with E-state index >= 15 is 0 Å². The van der Waals surface area contributed by atoms with Crippen molar-refractivity contribution in [3.8, 4) is 5.75 Å². The first-order chi connectivity index (χ1) is 9.67. The molecule has 1 spiro atoms. The van der Waals surface area contributed by atoms with Crippen LogP contribution in [0.1, 0.15) is 44.1 Å². The Morgan fingerprint density at radius 2 is 2.15 bits per heavy atom. The maximum atomic E-state index is 7.44. The number of nitrogens with two attached hydrogens (primary N) is 1. The third kappa shape index (κ3) is 2.80. The third-order valence-electron chi connectivity index (χ3n) is 4.43. The van der Waals surface area contributed by atoms with Crippen molar-refractivity contribution >= 4 is 5.84 Å². The largest absolute Gasteiger partial charge is 0.491 e. The molecule has 0 aromatic heterocycles. The van der Waals surface area contributed by atoms with Crippen LogP contribution >= 0.6 is 0 Å². The summed E-state index contributed by atoms with van der Waals surface area (Å²) in [5, 5.41) is 7.44. The van der Waals surface area contributed by atoms with E-state index in [9.17, 15) is 0 Å². The number of amidine groups is 1. The summed E-state index contributed by atoms with van der Waals surface area (Å²) in [5.74, 6) is 0.825. The fraction of sp³-hybridized carbons (Fsp3) is 0.562. The van der Waals surface area contributed by atoms with Crippen LogP contribution in [0.4, 0.5) is 0 Å². The SMILES string of the molecule is N=C(N)c1cccc(OCC2CCC3(CCCC3)O2)c1. The zero-order chi connectivity index (χ0) is 14.0. The minimum Gasteiger partial charge on any atom is -0.491 e. The Bertz CT molecular complexity index is 495. The smallest absolute Gasteiger partial charge is 0.122 e. The van der Waals surface area contributed by atoms with Crippen LogP contribution in [0.3, 0.4) is 0 Å². The van der Waals surface area contributed by atoms with Crippen LogP contribution in [0.5, 0.6) is 5.75 Å². The van der Waals surface area contributed by atoms with Gasteiger partial charge in [0, 0.05) is 5.56 Å². The van der Waals surface area contributed by atoms with Gasteiger partial charge in [-0.25, -0.2) is 0 Å². The van der Waals surface area contributed by atoms with E-state index in [0.717, 1.165) is 12.2 Å². The second-order valence-corrected chi connectivity index (χ2v) is 5.92. The Labute approximate surface area is 119 Å². The molecule has 1 aromatic carbocycles. The number of nitrogens with one attached hydrogen (secondary N) is 1. The highest BCUT2D eigenvalue weighted by Gasteiger charge is 2.42. The zero-order valence-corrected chi connectivity index (χ0v) is 11.7. The number of hydrogen-bond donors (Lipinski definition) is 2. The van der Waals surface area contributed by atoms with Crippen molar-refractivity contribution in [2.24, 2.45) is 5.73 Å². The Balaban J connectivity index is 1.55. The average Bonchev–Trinajstić information content (AvgIpc) is 3.08. The van der Waals surface area contributed by atoms with Gasteiger partial charge in [-0.15, -0.1) is 0 Å². The molecule has 0 bridgehead atoms. The minimum absolute atomic E-state index is 0.0671.